The Morgan fingerprint density at radius 1 is 1.48 bits per heavy atom. The molecular formula is C13H15ClN2O4S. The largest absolute Gasteiger partial charge is 0.480 e. The van der Waals surface area contributed by atoms with Crippen molar-refractivity contribution in [1.82, 2.24) is 4.72 Å². The number of carboxylic acid groups (broad SMARTS) is 1. The number of nitriles is 1. The van der Waals surface area contributed by atoms with Gasteiger partial charge in [-0.3, -0.25) is 4.79 Å². The molecule has 0 aliphatic heterocycles. The number of nitrogens with one attached hydrogen (secondary N) is 1. The Morgan fingerprint density at radius 2 is 2.10 bits per heavy atom. The van der Waals surface area contributed by atoms with Crippen LogP contribution in [-0.4, -0.2) is 25.5 Å². The molecule has 0 saturated carbocycles. The van der Waals surface area contributed by atoms with E-state index in [1.807, 2.05) is 6.07 Å². The summed E-state index contributed by atoms with van der Waals surface area (Å²) in [4.78, 5) is 10.9. The van der Waals surface area contributed by atoms with Crippen LogP contribution in [0.4, 0.5) is 0 Å². The average molecular weight is 331 g/mol. The van der Waals surface area contributed by atoms with Gasteiger partial charge in [0.05, 0.1) is 15.5 Å². The Bertz CT molecular complexity index is 680. The van der Waals surface area contributed by atoms with Gasteiger partial charge in [0.25, 0.3) is 0 Å². The van der Waals surface area contributed by atoms with E-state index in [0.717, 1.165) is 6.07 Å². The van der Waals surface area contributed by atoms with E-state index in [4.69, 9.17) is 22.0 Å². The van der Waals surface area contributed by atoms with Gasteiger partial charge in [-0.05, 0) is 30.5 Å². The molecule has 0 bridgehead atoms. The summed E-state index contributed by atoms with van der Waals surface area (Å²) in [5, 5.41) is 17.8. The van der Waals surface area contributed by atoms with Gasteiger partial charge in [0.1, 0.15) is 12.1 Å². The number of sulfonamides is 1. The molecule has 1 rings (SSSR count). The Kier molecular flexibility index (Phi) is 5.72. The van der Waals surface area contributed by atoms with Crippen molar-refractivity contribution in [3.8, 4) is 6.07 Å². The summed E-state index contributed by atoms with van der Waals surface area (Å²) in [6.07, 6.45) is 0.165. The molecule has 1 aromatic carbocycles. The quantitative estimate of drug-likeness (QED) is 0.829. The van der Waals surface area contributed by atoms with Crippen molar-refractivity contribution in [2.24, 2.45) is 5.92 Å². The van der Waals surface area contributed by atoms with Gasteiger partial charge >= 0.3 is 5.97 Å². The van der Waals surface area contributed by atoms with Crippen LogP contribution in [0.2, 0.25) is 5.02 Å². The van der Waals surface area contributed by atoms with E-state index in [-0.39, 0.29) is 27.8 Å². The van der Waals surface area contributed by atoms with Gasteiger partial charge in [-0.15, -0.1) is 0 Å². The zero-order valence-corrected chi connectivity index (χ0v) is 13.1. The molecule has 0 heterocycles. The average Bonchev–Trinajstić information content (AvgIpc) is 2.36. The van der Waals surface area contributed by atoms with Crippen LogP contribution in [0, 0.1) is 17.2 Å². The maximum absolute atomic E-state index is 12.2. The third kappa shape index (κ3) is 4.70. The topological polar surface area (TPSA) is 107 Å². The number of rotatable bonds is 6. The van der Waals surface area contributed by atoms with E-state index in [0.29, 0.717) is 0 Å². The Labute approximate surface area is 128 Å². The van der Waals surface area contributed by atoms with Gasteiger partial charge < -0.3 is 5.11 Å². The van der Waals surface area contributed by atoms with Crippen LogP contribution in [0.1, 0.15) is 25.8 Å². The molecule has 21 heavy (non-hydrogen) atoms. The molecule has 8 heteroatoms. The third-order valence-electron chi connectivity index (χ3n) is 2.67. The van der Waals surface area contributed by atoms with E-state index < -0.39 is 22.0 Å². The van der Waals surface area contributed by atoms with Crippen LogP contribution in [0.5, 0.6) is 0 Å². The molecule has 0 aliphatic rings. The standard InChI is InChI=1S/C13H15ClN2O4S/c1-8(2)5-12(13(17)18)16-21(19,20)10-4-3-9(7-15)11(14)6-10/h3-4,6,8,12,16H,5H2,1-2H3,(H,17,18)/t12-/m0/s1. The normalized spacial score (nSPS) is 12.9. The summed E-state index contributed by atoms with van der Waals surface area (Å²) in [7, 11) is -4.02. The molecule has 0 aliphatic carbocycles. The van der Waals surface area contributed by atoms with Crippen molar-refractivity contribution in [3.05, 3.63) is 28.8 Å². The molecule has 0 unspecified atom stereocenters. The van der Waals surface area contributed by atoms with Crippen LogP contribution in [0.3, 0.4) is 0 Å². The highest BCUT2D eigenvalue weighted by Gasteiger charge is 2.26. The smallest absolute Gasteiger partial charge is 0.321 e. The summed E-state index contributed by atoms with van der Waals surface area (Å²) in [5.74, 6) is -1.23. The summed E-state index contributed by atoms with van der Waals surface area (Å²) in [5.41, 5.74) is 0.146. The molecule has 1 aromatic rings. The van der Waals surface area contributed by atoms with E-state index in [9.17, 15) is 13.2 Å². The van der Waals surface area contributed by atoms with E-state index in [1.54, 1.807) is 13.8 Å². The zero-order valence-electron chi connectivity index (χ0n) is 11.5. The first-order valence-electron chi connectivity index (χ1n) is 6.12. The number of hydrogen-bond acceptors (Lipinski definition) is 4. The molecule has 114 valence electrons. The first-order valence-corrected chi connectivity index (χ1v) is 7.98. The first-order chi connectivity index (χ1) is 9.67. The van der Waals surface area contributed by atoms with Crippen molar-refractivity contribution in [2.45, 2.75) is 31.2 Å². The minimum atomic E-state index is -4.02. The molecule has 0 radical (unpaired) electrons. The lowest BCUT2D eigenvalue weighted by Gasteiger charge is -2.16. The highest BCUT2D eigenvalue weighted by Crippen LogP contribution is 2.20. The minimum Gasteiger partial charge on any atom is -0.480 e. The Morgan fingerprint density at radius 3 is 2.52 bits per heavy atom. The summed E-state index contributed by atoms with van der Waals surface area (Å²) >= 11 is 5.79. The summed E-state index contributed by atoms with van der Waals surface area (Å²) < 4.78 is 26.5. The number of nitrogens with zero attached hydrogens (tertiary/aromatic N) is 1. The van der Waals surface area contributed by atoms with E-state index >= 15 is 0 Å². The molecule has 0 saturated heterocycles. The molecular weight excluding hydrogens is 316 g/mol. The maximum Gasteiger partial charge on any atom is 0.321 e. The van der Waals surface area contributed by atoms with Crippen LogP contribution in [-0.2, 0) is 14.8 Å². The highest BCUT2D eigenvalue weighted by molar-refractivity contribution is 7.89. The fourth-order valence-electron chi connectivity index (χ4n) is 1.68. The van der Waals surface area contributed by atoms with E-state index in [2.05, 4.69) is 4.72 Å². The highest BCUT2D eigenvalue weighted by atomic mass is 35.5. The lowest BCUT2D eigenvalue weighted by atomic mass is 10.1. The number of hydrogen-bond donors (Lipinski definition) is 2. The fourth-order valence-corrected chi connectivity index (χ4v) is 3.20. The number of aliphatic carboxylic acids is 1. The van der Waals surface area contributed by atoms with E-state index in [1.165, 1.54) is 12.1 Å². The summed E-state index contributed by atoms with van der Waals surface area (Å²) in [6.45, 7) is 3.59. The van der Waals surface area contributed by atoms with Gasteiger partial charge in [0.15, 0.2) is 0 Å². The van der Waals surface area contributed by atoms with Gasteiger partial charge in [0.2, 0.25) is 10.0 Å². The molecule has 0 amide bonds. The van der Waals surface area contributed by atoms with Gasteiger partial charge in [0, 0.05) is 0 Å². The second-order valence-corrected chi connectivity index (χ2v) is 7.02. The lowest BCUT2D eigenvalue weighted by molar-refractivity contribution is -0.139. The lowest BCUT2D eigenvalue weighted by Crippen LogP contribution is -2.41. The van der Waals surface area contributed by atoms with Crippen LogP contribution in [0.25, 0.3) is 0 Å². The number of halogens is 1. The number of carbonyl (C=O) groups is 1. The Hall–Kier alpha value is -1.62. The second kappa shape index (κ2) is 6.89. The van der Waals surface area contributed by atoms with Crippen LogP contribution >= 0.6 is 11.6 Å². The van der Waals surface area contributed by atoms with Crippen molar-refractivity contribution < 1.29 is 18.3 Å². The van der Waals surface area contributed by atoms with Crippen molar-refractivity contribution in [1.29, 1.82) is 5.26 Å². The predicted molar refractivity (Wildman–Crippen MR) is 77.4 cm³/mol. The third-order valence-corrected chi connectivity index (χ3v) is 4.46. The monoisotopic (exact) mass is 330 g/mol. The number of benzene rings is 1. The number of carboxylic acids is 1. The molecule has 0 spiro atoms. The SMILES string of the molecule is CC(C)C[C@H](NS(=O)(=O)c1ccc(C#N)c(Cl)c1)C(=O)O. The predicted octanol–water partition coefficient (Wildman–Crippen LogP) is 1.99. The van der Waals surface area contributed by atoms with Crippen LogP contribution < -0.4 is 4.72 Å². The maximum atomic E-state index is 12.2. The van der Waals surface area contributed by atoms with Crippen molar-refractivity contribution in [3.63, 3.8) is 0 Å². The molecule has 0 fully saturated rings. The van der Waals surface area contributed by atoms with Gasteiger partial charge in [-0.2, -0.15) is 9.98 Å². The van der Waals surface area contributed by atoms with Crippen LogP contribution in [0.15, 0.2) is 23.1 Å². The van der Waals surface area contributed by atoms with Crippen molar-refractivity contribution in [2.75, 3.05) is 0 Å². The molecule has 0 aromatic heterocycles. The first kappa shape index (κ1) is 17.4. The molecule has 2 N–H and O–H groups in total. The van der Waals surface area contributed by atoms with Crippen molar-refractivity contribution >= 4 is 27.6 Å². The fraction of sp³-hybridized carbons (Fsp3) is 0.385. The summed E-state index contributed by atoms with van der Waals surface area (Å²) in [6, 6.07) is 4.20. The second-order valence-electron chi connectivity index (χ2n) is 4.90. The molecule has 6 nitrogen and oxygen atoms in total. The Balaban J connectivity index is 3.08. The molecule has 1 atom stereocenters. The van der Waals surface area contributed by atoms with Gasteiger partial charge in [-0.1, -0.05) is 25.4 Å². The van der Waals surface area contributed by atoms with Gasteiger partial charge in [-0.25, -0.2) is 8.42 Å². The minimum absolute atomic E-state index is 0.00360. The zero-order chi connectivity index (χ0) is 16.2.